The number of H-pyrrole nitrogens is 2. The van der Waals surface area contributed by atoms with Crippen LogP contribution in [0.1, 0.15) is 17.3 Å². The number of hydrogen-bond donors (Lipinski definition) is 2. The van der Waals surface area contributed by atoms with Crippen molar-refractivity contribution >= 4 is 16.8 Å². The highest BCUT2D eigenvalue weighted by atomic mass is 16.1. The van der Waals surface area contributed by atoms with Gasteiger partial charge in [0.2, 0.25) is 5.56 Å². The van der Waals surface area contributed by atoms with Crippen molar-refractivity contribution in [2.75, 3.05) is 0 Å². The first-order valence-electron chi connectivity index (χ1n) is 3.90. The molecule has 0 bridgehead atoms. The minimum absolute atomic E-state index is 0.0619. The predicted octanol–water partition coefficient (Wildman–Crippen LogP) is 1.06. The molecule has 0 saturated heterocycles. The van der Waals surface area contributed by atoms with Gasteiger partial charge in [-0.1, -0.05) is 0 Å². The van der Waals surface area contributed by atoms with E-state index in [1.807, 2.05) is 0 Å². The molecule has 0 unspecified atom stereocenters. The molecule has 2 aromatic rings. The smallest absolute Gasteiger partial charge is 0.248 e. The first kappa shape index (κ1) is 7.79. The number of rotatable bonds is 1. The second kappa shape index (κ2) is 2.58. The van der Waals surface area contributed by atoms with E-state index < -0.39 is 0 Å². The number of hydrogen-bond acceptors (Lipinski definition) is 2. The van der Waals surface area contributed by atoms with Gasteiger partial charge in [-0.2, -0.15) is 0 Å². The zero-order valence-electron chi connectivity index (χ0n) is 7.05. The van der Waals surface area contributed by atoms with Crippen molar-refractivity contribution in [1.29, 1.82) is 0 Å². The highest BCUT2D eigenvalue weighted by molar-refractivity contribution is 6.04. The summed E-state index contributed by atoms with van der Waals surface area (Å²) in [5.41, 5.74) is 1.67. The monoisotopic (exact) mass is 176 g/mol. The zero-order chi connectivity index (χ0) is 9.42. The Labute approximate surface area is 73.6 Å². The molecule has 2 aromatic heterocycles. The lowest BCUT2D eigenvalue weighted by molar-refractivity contribution is 0.101. The molecule has 0 aromatic carbocycles. The van der Waals surface area contributed by atoms with Crippen molar-refractivity contribution in [2.24, 2.45) is 0 Å². The van der Waals surface area contributed by atoms with Crippen molar-refractivity contribution in [1.82, 2.24) is 9.97 Å². The number of Topliss-reactive ketones (excluding diaryl/α,β-unsaturated/α-hetero) is 1. The number of aromatic nitrogens is 2. The average Bonchev–Trinajstić information content (AvgIpc) is 2.46. The summed E-state index contributed by atoms with van der Waals surface area (Å²) in [6.45, 7) is 1.47. The third kappa shape index (κ3) is 1.16. The molecule has 2 rings (SSSR count). The fraction of sp³-hybridized carbons (Fsp3) is 0.111. The summed E-state index contributed by atoms with van der Waals surface area (Å²) >= 11 is 0. The standard InChI is InChI=1S/C9H8N2O2/c1-5(12)6-4-10-7-2-3-8(13)11-9(6)7/h2-4,10H,1H3,(H,11,13). The van der Waals surface area contributed by atoms with Gasteiger partial charge in [-0.3, -0.25) is 9.59 Å². The molecule has 0 atom stereocenters. The lowest BCUT2D eigenvalue weighted by Crippen LogP contribution is -2.03. The van der Waals surface area contributed by atoms with Gasteiger partial charge in [0.25, 0.3) is 0 Å². The van der Waals surface area contributed by atoms with Crippen molar-refractivity contribution in [3.05, 3.63) is 34.2 Å². The molecule has 0 radical (unpaired) electrons. The van der Waals surface area contributed by atoms with Gasteiger partial charge in [-0.05, 0) is 13.0 Å². The minimum Gasteiger partial charge on any atom is -0.359 e. The van der Waals surface area contributed by atoms with E-state index in [-0.39, 0.29) is 11.3 Å². The largest absolute Gasteiger partial charge is 0.359 e. The Morgan fingerprint density at radius 1 is 1.38 bits per heavy atom. The Bertz CT molecular complexity index is 522. The summed E-state index contributed by atoms with van der Waals surface area (Å²) in [5, 5.41) is 0. The number of pyridine rings is 1. The maximum Gasteiger partial charge on any atom is 0.248 e. The van der Waals surface area contributed by atoms with Crippen molar-refractivity contribution in [2.45, 2.75) is 6.92 Å². The molecular weight excluding hydrogens is 168 g/mol. The Hall–Kier alpha value is -1.84. The van der Waals surface area contributed by atoms with E-state index in [9.17, 15) is 9.59 Å². The molecule has 2 N–H and O–H groups in total. The fourth-order valence-electron chi connectivity index (χ4n) is 1.31. The van der Waals surface area contributed by atoms with Crippen molar-refractivity contribution in [3.8, 4) is 0 Å². The lowest BCUT2D eigenvalue weighted by atomic mass is 10.2. The van der Waals surface area contributed by atoms with Gasteiger partial charge in [0.1, 0.15) is 0 Å². The van der Waals surface area contributed by atoms with Crippen LogP contribution < -0.4 is 5.56 Å². The van der Waals surface area contributed by atoms with Crippen LogP contribution in [0.2, 0.25) is 0 Å². The first-order valence-corrected chi connectivity index (χ1v) is 3.90. The number of nitrogens with one attached hydrogen (secondary N) is 2. The molecule has 0 amide bonds. The zero-order valence-corrected chi connectivity index (χ0v) is 7.05. The number of ketones is 1. The summed E-state index contributed by atoms with van der Waals surface area (Å²) in [6, 6.07) is 3.07. The third-order valence-corrected chi connectivity index (χ3v) is 1.94. The van der Waals surface area contributed by atoms with Gasteiger partial charge < -0.3 is 9.97 Å². The van der Waals surface area contributed by atoms with Crippen LogP contribution in [0.3, 0.4) is 0 Å². The second-order valence-electron chi connectivity index (χ2n) is 2.87. The van der Waals surface area contributed by atoms with Crippen LogP contribution in [0.4, 0.5) is 0 Å². The van der Waals surface area contributed by atoms with E-state index in [1.165, 1.54) is 13.0 Å². The van der Waals surface area contributed by atoms with Crippen LogP contribution in [0.25, 0.3) is 11.0 Å². The number of aromatic amines is 2. The SMILES string of the molecule is CC(=O)c1c[nH]c2ccc(=O)[nH]c12. The van der Waals surface area contributed by atoms with Crippen LogP contribution in [0.5, 0.6) is 0 Å². The summed E-state index contributed by atoms with van der Waals surface area (Å²) in [6.07, 6.45) is 1.60. The van der Waals surface area contributed by atoms with E-state index in [0.717, 1.165) is 5.52 Å². The first-order chi connectivity index (χ1) is 6.18. The average molecular weight is 176 g/mol. The minimum atomic E-state index is -0.199. The van der Waals surface area contributed by atoms with Crippen LogP contribution >= 0.6 is 0 Å². The van der Waals surface area contributed by atoms with E-state index in [4.69, 9.17) is 0 Å². The van der Waals surface area contributed by atoms with Crippen LogP contribution in [0.15, 0.2) is 23.1 Å². The van der Waals surface area contributed by atoms with Gasteiger partial charge in [-0.15, -0.1) is 0 Å². The molecule has 0 spiro atoms. The fourth-order valence-corrected chi connectivity index (χ4v) is 1.31. The number of carbonyl (C=O) groups excluding carboxylic acids is 1. The summed E-state index contributed by atoms with van der Waals surface area (Å²) in [7, 11) is 0. The predicted molar refractivity (Wildman–Crippen MR) is 48.9 cm³/mol. The quantitative estimate of drug-likeness (QED) is 0.638. The maximum atomic E-state index is 11.1. The van der Waals surface area contributed by atoms with E-state index in [2.05, 4.69) is 9.97 Å². The third-order valence-electron chi connectivity index (χ3n) is 1.94. The molecule has 0 aliphatic heterocycles. The molecule has 0 aliphatic carbocycles. The Morgan fingerprint density at radius 3 is 2.85 bits per heavy atom. The molecule has 0 aliphatic rings. The van der Waals surface area contributed by atoms with Crippen molar-refractivity contribution in [3.63, 3.8) is 0 Å². The van der Waals surface area contributed by atoms with E-state index in [1.54, 1.807) is 12.3 Å². The molecular formula is C9H8N2O2. The van der Waals surface area contributed by atoms with Gasteiger partial charge in [0.05, 0.1) is 16.6 Å². The van der Waals surface area contributed by atoms with Crippen LogP contribution in [-0.4, -0.2) is 15.8 Å². The summed E-state index contributed by atoms with van der Waals surface area (Å²) < 4.78 is 0. The number of carbonyl (C=O) groups is 1. The lowest BCUT2D eigenvalue weighted by Gasteiger charge is -1.91. The molecule has 0 saturated carbocycles. The molecule has 66 valence electrons. The van der Waals surface area contributed by atoms with Gasteiger partial charge in [0.15, 0.2) is 5.78 Å². The molecule has 2 heterocycles. The van der Waals surface area contributed by atoms with Gasteiger partial charge in [-0.25, -0.2) is 0 Å². The van der Waals surface area contributed by atoms with Gasteiger partial charge in [0, 0.05) is 12.3 Å². The van der Waals surface area contributed by atoms with Gasteiger partial charge >= 0.3 is 0 Å². The Balaban J connectivity index is 2.86. The maximum absolute atomic E-state index is 11.1. The Kier molecular flexibility index (Phi) is 1.55. The van der Waals surface area contributed by atoms with E-state index >= 15 is 0 Å². The molecule has 4 nitrogen and oxygen atoms in total. The highest BCUT2D eigenvalue weighted by Gasteiger charge is 2.07. The summed E-state index contributed by atoms with van der Waals surface area (Å²) in [4.78, 5) is 27.6. The van der Waals surface area contributed by atoms with Crippen molar-refractivity contribution < 1.29 is 4.79 Å². The normalized spacial score (nSPS) is 10.5. The molecule has 13 heavy (non-hydrogen) atoms. The highest BCUT2D eigenvalue weighted by Crippen LogP contribution is 2.13. The molecule has 0 fully saturated rings. The topological polar surface area (TPSA) is 65.7 Å². The van der Waals surface area contributed by atoms with Crippen LogP contribution in [0, 0.1) is 0 Å². The summed E-state index contributed by atoms with van der Waals surface area (Å²) in [5.74, 6) is -0.0619. The second-order valence-corrected chi connectivity index (χ2v) is 2.87. The number of fused-ring (bicyclic) bond motifs is 1. The Morgan fingerprint density at radius 2 is 2.15 bits per heavy atom. The van der Waals surface area contributed by atoms with E-state index in [0.29, 0.717) is 11.1 Å². The molecule has 4 heteroatoms. The van der Waals surface area contributed by atoms with Crippen LogP contribution in [-0.2, 0) is 0 Å².